The van der Waals surface area contributed by atoms with E-state index < -0.39 is 17.6 Å². The normalized spacial score (nSPS) is 14.1. The quantitative estimate of drug-likeness (QED) is 0.343. The van der Waals surface area contributed by atoms with E-state index in [9.17, 15) is 18.0 Å². The summed E-state index contributed by atoms with van der Waals surface area (Å²) in [6, 6.07) is 9.41. The van der Waals surface area contributed by atoms with Crippen molar-refractivity contribution in [2.45, 2.75) is 19.6 Å². The molecule has 0 bridgehead atoms. The standard InChI is InChI=1S/C26H25F4N7O2/c1-17-31-16-37(32-17)23-13-20(27)22(14-24(23)39-2)34-8-10-35(11-9-34)25(38)15-36-7-6-21(33-36)18-4-3-5-19(12-18)26(28,29)30/h3-7,12-14,16H,8-11,15H2,1-2H3. The van der Waals surface area contributed by atoms with Crippen LogP contribution in [0.25, 0.3) is 16.9 Å². The number of halogens is 4. The van der Waals surface area contributed by atoms with Crippen molar-refractivity contribution in [1.29, 1.82) is 0 Å². The van der Waals surface area contributed by atoms with Gasteiger partial charge < -0.3 is 14.5 Å². The molecule has 1 aliphatic rings. The molecule has 4 aromatic rings. The Morgan fingerprint density at radius 1 is 1.03 bits per heavy atom. The number of aromatic nitrogens is 5. The van der Waals surface area contributed by atoms with Gasteiger partial charge in [0.15, 0.2) is 0 Å². The third kappa shape index (κ3) is 5.56. The highest BCUT2D eigenvalue weighted by molar-refractivity contribution is 5.76. The van der Waals surface area contributed by atoms with Crippen LogP contribution in [0.3, 0.4) is 0 Å². The van der Waals surface area contributed by atoms with Gasteiger partial charge in [0.1, 0.15) is 36.0 Å². The average Bonchev–Trinajstić information content (AvgIpc) is 3.57. The van der Waals surface area contributed by atoms with Crippen molar-refractivity contribution in [1.82, 2.24) is 29.4 Å². The Morgan fingerprint density at radius 2 is 1.79 bits per heavy atom. The van der Waals surface area contributed by atoms with Crippen LogP contribution in [0.2, 0.25) is 0 Å². The van der Waals surface area contributed by atoms with E-state index in [1.807, 2.05) is 4.90 Å². The first-order valence-corrected chi connectivity index (χ1v) is 12.1. The van der Waals surface area contributed by atoms with Crippen LogP contribution in [0, 0.1) is 12.7 Å². The lowest BCUT2D eigenvalue weighted by Crippen LogP contribution is -2.49. The number of methoxy groups -OCH3 is 1. The predicted octanol–water partition coefficient (Wildman–Crippen LogP) is 3.95. The number of ether oxygens (including phenoxy) is 1. The molecule has 0 unspecified atom stereocenters. The van der Waals surface area contributed by atoms with Crippen molar-refractivity contribution in [3.63, 3.8) is 0 Å². The fraction of sp³-hybridized carbons (Fsp3) is 0.308. The first kappa shape index (κ1) is 26.2. The minimum Gasteiger partial charge on any atom is -0.494 e. The molecule has 5 rings (SSSR count). The Balaban J connectivity index is 1.22. The van der Waals surface area contributed by atoms with E-state index in [2.05, 4.69) is 15.2 Å². The fourth-order valence-corrected chi connectivity index (χ4v) is 4.47. The first-order valence-electron chi connectivity index (χ1n) is 12.1. The molecular formula is C26H25F4N7O2. The largest absolute Gasteiger partial charge is 0.494 e. The van der Waals surface area contributed by atoms with Gasteiger partial charge >= 0.3 is 6.18 Å². The summed E-state index contributed by atoms with van der Waals surface area (Å²) in [7, 11) is 1.49. The number of carbonyl (C=O) groups is 1. The lowest BCUT2D eigenvalue weighted by atomic mass is 10.1. The highest BCUT2D eigenvalue weighted by atomic mass is 19.4. The molecule has 0 spiro atoms. The summed E-state index contributed by atoms with van der Waals surface area (Å²) >= 11 is 0. The van der Waals surface area contributed by atoms with Crippen molar-refractivity contribution in [2.75, 3.05) is 38.2 Å². The second kappa shape index (κ2) is 10.4. The van der Waals surface area contributed by atoms with E-state index in [0.717, 1.165) is 12.1 Å². The fourth-order valence-electron chi connectivity index (χ4n) is 4.47. The van der Waals surface area contributed by atoms with Gasteiger partial charge in [0, 0.05) is 50.1 Å². The van der Waals surface area contributed by atoms with Gasteiger partial charge in [-0.2, -0.15) is 23.4 Å². The Labute approximate surface area is 221 Å². The number of anilines is 1. The zero-order chi connectivity index (χ0) is 27.7. The molecular weight excluding hydrogens is 518 g/mol. The van der Waals surface area contributed by atoms with Gasteiger partial charge in [0.05, 0.1) is 24.1 Å². The second-order valence-corrected chi connectivity index (χ2v) is 9.06. The number of hydrogen-bond donors (Lipinski definition) is 0. The van der Waals surface area contributed by atoms with Gasteiger partial charge in [0.25, 0.3) is 0 Å². The molecule has 0 radical (unpaired) electrons. The molecule has 2 aromatic carbocycles. The van der Waals surface area contributed by atoms with Crippen LogP contribution >= 0.6 is 0 Å². The molecule has 1 saturated heterocycles. The van der Waals surface area contributed by atoms with Crippen LogP contribution in [0.1, 0.15) is 11.4 Å². The molecule has 13 heteroatoms. The lowest BCUT2D eigenvalue weighted by molar-refractivity contribution is -0.137. The number of aryl methyl sites for hydroxylation is 1. The molecule has 1 amide bonds. The monoisotopic (exact) mass is 543 g/mol. The van der Waals surface area contributed by atoms with E-state index in [-0.39, 0.29) is 12.5 Å². The van der Waals surface area contributed by atoms with Crippen molar-refractivity contribution in [2.24, 2.45) is 0 Å². The molecule has 39 heavy (non-hydrogen) atoms. The molecule has 3 heterocycles. The Kier molecular flexibility index (Phi) is 6.98. The van der Waals surface area contributed by atoms with Crippen LogP contribution < -0.4 is 9.64 Å². The Bertz CT molecular complexity index is 1490. The van der Waals surface area contributed by atoms with Crippen molar-refractivity contribution >= 4 is 11.6 Å². The topological polar surface area (TPSA) is 81.3 Å². The van der Waals surface area contributed by atoms with Crippen LogP contribution in [-0.2, 0) is 17.5 Å². The van der Waals surface area contributed by atoms with Gasteiger partial charge in [-0.05, 0) is 25.1 Å². The number of nitrogens with zero attached hydrogens (tertiary/aromatic N) is 7. The minimum atomic E-state index is -4.46. The van der Waals surface area contributed by atoms with Crippen LogP contribution in [0.15, 0.2) is 55.0 Å². The molecule has 0 atom stereocenters. The molecule has 204 valence electrons. The second-order valence-electron chi connectivity index (χ2n) is 9.06. The number of amides is 1. The summed E-state index contributed by atoms with van der Waals surface area (Å²) in [4.78, 5) is 20.5. The van der Waals surface area contributed by atoms with Crippen LogP contribution in [0.5, 0.6) is 5.75 Å². The van der Waals surface area contributed by atoms with Crippen molar-refractivity contribution in [3.8, 4) is 22.7 Å². The average molecular weight is 544 g/mol. The SMILES string of the molecule is COc1cc(N2CCN(C(=O)Cn3ccc(-c4cccc(C(F)(F)F)c4)n3)CC2)c(F)cc1-n1cnc(C)n1. The van der Waals surface area contributed by atoms with Crippen molar-refractivity contribution in [3.05, 3.63) is 72.2 Å². The summed E-state index contributed by atoms with van der Waals surface area (Å²) < 4.78 is 62.5. The van der Waals surface area contributed by atoms with Crippen molar-refractivity contribution < 1.29 is 27.1 Å². The summed E-state index contributed by atoms with van der Waals surface area (Å²) in [6.45, 7) is 3.21. The molecule has 9 nitrogen and oxygen atoms in total. The lowest BCUT2D eigenvalue weighted by Gasteiger charge is -2.36. The highest BCUT2D eigenvalue weighted by Crippen LogP contribution is 2.33. The van der Waals surface area contributed by atoms with Crippen LogP contribution in [-0.4, -0.2) is 68.6 Å². The summed E-state index contributed by atoms with van der Waals surface area (Å²) in [6.07, 6.45) is -1.41. The smallest absolute Gasteiger partial charge is 0.416 e. The summed E-state index contributed by atoms with van der Waals surface area (Å²) in [5, 5.41) is 8.50. The van der Waals surface area contributed by atoms with E-state index in [1.165, 1.54) is 41.0 Å². The van der Waals surface area contributed by atoms with Gasteiger partial charge in [-0.25, -0.2) is 14.1 Å². The zero-order valence-corrected chi connectivity index (χ0v) is 21.2. The third-order valence-electron chi connectivity index (χ3n) is 6.50. The summed E-state index contributed by atoms with van der Waals surface area (Å²) in [5.41, 5.74) is 0.676. The zero-order valence-electron chi connectivity index (χ0n) is 21.2. The number of carbonyl (C=O) groups excluding carboxylic acids is 1. The van der Waals surface area contributed by atoms with E-state index in [4.69, 9.17) is 4.74 Å². The van der Waals surface area contributed by atoms with E-state index in [0.29, 0.717) is 60.4 Å². The molecule has 0 saturated carbocycles. The number of alkyl halides is 3. The van der Waals surface area contributed by atoms with Gasteiger partial charge in [-0.15, -0.1) is 0 Å². The first-order chi connectivity index (χ1) is 18.6. The Hall–Kier alpha value is -4.42. The number of hydrogen-bond acceptors (Lipinski definition) is 6. The maximum absolute atomic E-state index is 15.1. The maximum Gasteiger partial charge on any atom is 0.416 e. The molecule has 1 aliphatic heterocycles. The molecule has 2 aromatic heterocycles. The molecule has 1 fully saturated rings. The van der Waals surface area contributed by atoms with Crippen LogP contribution in [0.4, 0.5) is 23.2 Å². The maximum atomic E-state index is 15.1. The third-order valence-corrected chi connectivity index (χ3v) is 6.50. The number of benzene rings is 2. The van der Waals surface area contributed by atoms with Gasteiger partial charge in [-0.1, -0.05) is 12.1 Å². The number of rotatable bonds is 6. The minimum absolute atomic E-state index is 0.0623. The number of piperazine rings is 1. The molecule has 0 aliphatic carbocycles. The Morgan fingerprint density at radius 3 is 2.46 bits per heavy atom. The summed E-state index contributed by atoms with van der Waals surface area (Å²) in [5.74, 6) is 0.343. The predicted molar refractivity (Wildman–Crippen MR) is 134 cm³/mol. The molecule has 0 N–H and O–H groups in total. The van der Waals surface area contributed by atoms with Gasteiger partial charge in [-0.3, -0.25) is 9.48 Å². The van der Waals surface area contributed by atoms with E-state index >= 15 is 4.39 Å². The highest BCUT2D eigenvalue weighted by Gasteiger charge is 2.30. The van der Waals surface area contributed by atoms with Gasteiger partial charge in [0.2, 0.25) is 5.91 Å². The van der Waals surface area contributed by atoms with E-state index in [1.54, 1.807) is 30.2 Å².